The minimum atomic E-state index is 0.491. The molecule has 4 aromatic rings. The average molecular weight is 330 g/mol. The smallest absolute Gasteiger partial charge is 0.155 e. The Morgan fingerprint density at radius 2 is 1.17 bits per heavy atom. The first-order chi connectivity index (χ1) is 11.9. The monoisotopic (exact) mass is 330 g/mol. The lowest BCUT2D eigenvalue weighted by Gasteiger charge is -2.08. The van der Waals surface area contributed by atoms with Gasteiger partial charge in [0.25, 0.3) is 0 Å². The van der Waals surface area contributed by atoms with Crippen LogP contribution >= 0.6 is 0 Å². The van der Waals surface area contributed by atoms with Gasteiger partial charge in [-0.2, -0.15) is 0 Å². The van der Waals surface area contributed by atoms with Crippen LogP contribution in [0.15, 0.2) is 77.7 Å². The lowest BCUT2D eigenvalue weighted by molar-refractivity contribution is 0.949. The van der Waals surface area contributed by atoms with E-state index in [1.165, 1.54) is 56.7 Å². The maximum atomic E-state index is 2.40. The molecule has 0 aliphatic carbocycles. The summed E-state index contributed by atoms with van der Waals surface area (Å²) in [5.74, 6) is 2.77. The number of aromatic nitrogens is 1. The molecule has 3 aromatic carbocycles. The van der Waals surface area contributed by atoms with Crippen molar-refractivity contribution in [2.45, 2.75) is 17.7 Å². The second-order valence-corrected chi connectivity index (χ2v) is 8.75. The molecule has 0 saturated carbocycles. The molecule has 1 aliphatic rings. The molecule has 0 unspecified atom stereocenters. The molecular weight excluding hydrogens is 310 g/mol. The number of rotatable bonds is 2. The molecule has 24 heavy (non-hydrogen) atoms. The third-order valence-electron chi connectivity index (χ3n) is 5.04. The van der Waals surface area contributed by atoms with Gasteiger partial charge in [-0.1, -0.05) is 36.4 Å². The van der Waals surface area contributed by atoms with Gasteiger partial charge in [0.2, 0.25) is 0 Å². The van der Waals surface area contributed by atoms with E-state index in [-0.39, 0.29) is 0 Å². The fraction of sp³-hybridized carbons (Fsp3) is 0.182. The summed E-state index contributed by atoms with van der Waals surface area (Å²) in [7, 11) is 0.491. The molecule has 118 valence electrons. The zero-order chi connectivity index (χ0) is 15.9. The molecule has 0 radical (unpaired) electrons. The van der Waals surface area contributed by atoms with Gasteiger partial charge in [0.15, 0.2) is 4.90 Å². The van der Waals surface area contributed by atoms with Crippen molar-refractivity contribution >= 4 is 32.7 Å². The van der Waals surface area contributed by atoms with Gasteiger partial charge in [-0.05, 0) is 49.2 Å². The van der Waals surface area contributed by atoms with Gasteiger partial charge in [0.1, 0.15) is 11.5 Å². The molecule has 1 fully saturated rings. The molecule has 0 spiro atoms. The lowest BCUT2D eigenvalue weighted by Crippen LogP contribution is -2.04. The van der Waals surface area contributed by atoms with E-state index in [0.29, 0.717) is 10.9 Å². The Labute approximate surface area is 145 Å². The van der Waals surface area contributed by atoms with Crippen LogP contribution in [0.25, 0.3) is 27.5 Å². The summed E-state index contributed by atoms with van der Waals surface area (Å²) < 4.78 is 2.40. The van der Waals surface area contributed by atoms with Gasteiger partial charge in [-0.3, -0.25) is 0 Å². The first-order valence-electron chi connectivity index (χ1n) is 8.68. The Bertz CT molecular complexity index is 954. The molecule has 0 amide bonds. The van der Waals surface area contributed by atoms with Gasteiger partial charge >= 0.3 is 0 Å². The molecule has 1 aromatic heterocycles. The number of hydrogen-bond acceptors (Lipinski definition) is 0. The SMILES string of the molecule is c1ccc2c(c1)c1ccccc1n2-c1ccc([S+]2CCCC2)cc1. The van der Waals surface area contributed by atoms with Crippen molar-refractivity contribution in [2.24, 2.45) is 0 Å². The van der Waals surface area contributed by atoms with E-state index in [2.05, 4.69) is 77.4 Å². The van der Waals surface area contributed by atoms with E-state index in [4.69, 9.17) is 0 Å². The van der Waals surface area contributed by atoms with E-state index in [1.54, 1.807) is 0 Å². The summed E-state index contributed by atoms with van der Waals surface area (Å²) in [6, 6.07) is 26.7. The summed E-state index contributed by atoms with van der Waals surface area (Å²) >= 11 is 0. The standard InChI is InChI=1S/C22H20NS/c1-3-9-21-19(7-1)20-8-2-4-10-22(20)23(21)17-11-13-18(14-12-17)24-15-5-6-16-24/h1-4,7-14H,5-6,15-16H2/q+1. The maximum absolute atomic E-state index is 2.40. The Hall–Kier alpha value is -2.19. The highest BCUT2D eigenvalue weighted by Crippen LogP contribution is 2.32. The van der Waals surface area contributed by atoms with Crippen LogP contribution in [0.3, 0.4) is 0 Å². The molecular formula is C22H20NS+. The summed E-state index contributed by atoms with van der Waals surface area (Å²) in [5, 5.41) is 2.66. The quantitative estimate of drug-likeness (QED) is 0.424. The highest BCUT2D eigenvalue weighted by molar-refractivity contribution is 7.97. The van der Waals surface area contributed by atoms with E-state index in [9.17, 15) is 0 Å². The predicted molar refractivity (Wildman–Crippen MR) is 105 cm³/mol. The molecule has 5 rings (SSSR count). The first-order valence-corrected chi connectivity index (χ1v) is 10.2. The Balaban J connectivity index is 1.70. The molecule has 0 bridgehead atoms. The van der Waals surface area contributed by atoms with Crippen LogP contribution in [-0.4, -0.2) is 16.1 Å². The van der Waals surface area contributed by atoms with Crippen LogP contribution in [0.1, 0.15) is 12.8 Å². The van der Waals surface area contributed by atoms with Crippen LogP contribution in [0.2, 0.25) is 0 Å². The fourth-order valence-electron chi connectivity index (χ4n) is 3.88. The summed E-state index contributed by atoms with van der Waals surface area (Å²) in [6.45, 7) is 0. The average Bonchev–Trinajstić information content (AvgIpc) is 3.28. The number of benzene rings is 3. The number of hydrogen-bond donors (Lipinski definition) is 0. The summed E-state index contributed by atoms with van der Waals surface area (Å²) in [4.78, 5) is 1.54. The fourth-order valence-corrected chi connectivity index (χ4v) is 6.18. The predicted octanol–water partition coefficient (Wildman–Crippen LogP) is 5.55. The Kier molecular flexibility index (Phi) is 3.37. The lowest BCUT2D eigenvalue weighted by atomic mass is 10.2. The van der Waals surface area contributed by atoms with Gasteiger partial charge in [0, 0.05) is 27.4 Å². The van der Waals surface area contributed by atoms with E-state index < -0.39 is 0 Å². The second kappa shape index (κ2) is 5.71. The van der Waals surface area contributed by atoms with E-state index >= 15 is 0 Å². The van der Waals surface area contributed by atoms with Crippen molar-refractivity contribution in [1.29, 1.82) is 0 Å². The Morgan fingerprint density at radius 1 is 0.625 bits per heavy atom. The molecule has 2 heteroatoms. The highest BCUT2D eigenvalue weighted by Gasteiger charge is 2.26. The molecule has 2 heterocycles. The largest absolute Gasteiger partial charge is 0.309 e. The van der Waals surface area contributed by atoms with Crippen molar-refractivity contribution in [3.8, 4) is 5.69 Å². The number of nitrogens with zero attached hydrogens (tertiary/aromatic N) is 1. The van der Waals surface area contributed by atoms with Crippen LogP contribution in [-0.2, 0) is 10.9 Å². The normalized spacial score (nSPS) is 15.5. The minimum absolute atomic E-state index is 0.491. The van der Waals surface area contributed by atoms with Crippen LogP contribution in [0.5, 0.6) is 0 Å². The van der Waals surface area contributed by atoms with E-state index in [0.717, 1.165) is 0 Å². The third-order valence-corrected chi connectivity index (χ3v) is 7.54. The van der Waals surface area contributed by atoms with Gasteiger partial charge in [-0.15, -0.1) is 0 Å². The van der Waals surface area contributed by atoms with Gasteiger partial charge in [0.05, 0.1) is 11.0 Å². The molecule has 1 saturated heterocycles. The zero-order valence-corrected chi connectivity index (χ0v) is 14.4. The summed E-state index contributed by atoms with van der Waals surface area (Å²) in [6.07, 6.45) is 2.80. The number of fused-ring (bicyclic) bond motifs is 3. The Morgan fingerprint density at radius 3 is 1.75 bits per heavy atom. The van der Waals surface area contributed by atoms with Crippen LogP contribution in [0.4, 0.5) is 0 Å². The van der Waals surface area contributed by atoms with Gasteiger partial charge < -0.3 is 4.57 Å². The van der Waals surface area contributed by atoms with Crippen molar-refractivity contribution in [3.63, 3.8) is 0 Å². The molecule has 1 nitrogen and oxygen atoms in total. The zero-order valence-electron chi connectivity index (χ0n) is 13.6. The van der Waals surface area contributed by atoms with Crippen molar-refractivity contribution in [2.75, 3.05) is 11.5 Å². The maximum Gasteiger partial charge on any atom is 0.155 e. The molecule has 1 aliphatic heterocycles. The first kappa shape index (κ1) is 14.2. The number of para-hydroxylation sites is 2. The van der Waals surface area contributed by atoms with Crippen LogP contribution < -0.4 is 0 Å². The minimum Gasteiger partial charge on any atom is -0.309 e. The topological polar surface area (TPSA) is 4.93 Å². The van der Waals surface area contributed by atoms with Gasteiger partial charge in [-0.25, -0.2) is 0 Å². The third kappa shape index (κ3) is 2.17. The second-order valence-electron chi connectivity index (χ2n) is 6.47. The van der Waals surface area contributed by atoms with E-state index in [1.807, 2.05) is 0 Å². The molecule has 0 N–H and O–H groups in total. The van der Waals surface area contributed by atoms with Crippen molar-refractivity contribution in [1.82, 2.24) is 4.57 Å². The van der Waals surface area contributed by atoms with Crippen molar-refractivity contribution < 1.29 is 0 Å². The summed E-state index contributed by atoms with van der Waals surface area (Å²) in [5.41, 5.74) is 3.84. The molecule has 0 atom stereocenters. The van der Waals surface area contributed by atoms with Crippen LogP contribution in [0, 0.1) is 0 Å². The van der Waals surface area contributed by atoms with Crippen molar-refractivity contribution in [3.05, 3.63) is 72.8 Å². The highest BCUT2D eigenvalue weighted by atomic mass is 32.2.